The second-order valence-corrected chi connectivity index (χ2v) is 6.37. The van der Waals surface area contributed by atoms with E-state index in [1.807, 2.05) is 6.92 Å². The molecule has 0 bridgehead atoms. The fourth-order valence-electron chi connectivity index (χ4n) is 2.58. The molecule has 1 aromatic heterocycles. The first-order valence-corrected chi connectivity index (χ1v) is 8.10. The number of nitrogens with zero attached hydrogens (tertiary/aromatic N) is 3. The van der Waals surface area contributed by atoms with Crippen LogP contribution in [0.2, 0.25) is 0 Å². The summed E-state index contributed by atoms with van der Waals surface area (Å²) >= 11 is 3.44. The first kappa shape index (κ1) is 15.5. The van der Waals surface area contributed by atoms with Crippen LogP contribution in [0.4, 0.5) is 5.69 Å². The Kier molecular flexibility index (Phi) is 5.21. The molecule has 0 aromatic carbocycles. The summed E-state index contributed by atoms with van der Waals surface area (Å²) in [5.41, 5.74) is 6.82. The van der Waals surface area contributed by atoms with Gasteiger partial charge in [-0.2, -0.15) is 5.10 Å². The van der Waals surface area contributed by atoms with E-state index < -0.39 is 0 Å². The number of hydrogen-bond acceptors (Lipinski definition) is 4. The van der Waals surface area contributed by atoms with Gasteiger partial charge in [-0.15, -0.1) is 0 Å². The molecule has 1 aliphatic rings. The van der Waals surface area contributed by atoms with Gasteiger partial charge in [-0.05, 0) is 41.6 Å². The number of aromatic nitrogens is 2. The molecule has 112 valence electrons. The van der Waals surface area contributed by atoms with E-state index in [4.69, 9.17) is 5.73 Å². The largest absolute Gasteiger partial charge is 0.369 e. The molecule has 1 aliphatic heterocycles. The molecule has 2 N–H and O–H groups in total. The van der Waals surface area contributed by atoms with Gasteiger partial charge in [-0.1, -0.05) is 13.3 Å². The number of nitrogens with two attached hydrogens (primary N) is 1. The van der Waals surface area contributed by atoms with Crippen LogP contribution in [0.15, 0.2) is 15.5 Å². The van der Waals surface area contributed by atoms with Gasteiger partial charge in [0.2, 0.25) is 0 Å². The van der Waals surface area contributed by atoms with Gasteiger partial charge in [0.15, 0.2) is 0 Å². The Morgan fingerprint density at radius 3 is 2.95 bits per heavy atom. The standard InChI is InChI=1S/C14H23BrN4O/c1-3-4-6-19-14(20)13(15)12(8-17-19)18-7-5-11(9-18)10(2)16/h8,10-11H,3-7,9,16H2,1-2H3. The van der Waals surface area contributed by atoms with Gasteiger partial charge in [0.25, 0.3) is 5.56 Å². The van der Waals surface area contributed by atoms with Gasteiger partial charge < -0.3 is 10.6 Å². The van der Waals surface area contributed by atoms with E-state index >= 15 is 0 Å². The average Bonchev–Trinajstić information content (AvgIpc) is 2.90. The third-order valence-corrected chi connectivity index (χ3v) is 4.74. The summed E-state index contributed by atoms with van der Waals surface area (Å²) in [7, 11) is 0. The lowest BCUT2D eigenvalue weighted by Crippen LogP contribution is -2.31. The maximum atomic E-state index is 12.3. The smallest absolute Gasteiger partial charge is 0.283 e. The summed E-state index contributed by atoms with van der Waals surface area (Å²) < 4.78 is 2.16. The minimum Gasteiger partial charge on any atom is -0.369 e. The lowest BCUT2D eigenvalue weighted by atomic mass is 10.0. The van der Waals surface area contributed by atoms with E-state index in [-0.39, 0.29) is 11.6 Å². The van der Waals surface area contributed by atoms with Crippen LogP contribution in [0.1, 0.15) is 33.1 Å². The fourth-order valence-corrected chi connectivity index (χ4v) is 3.14. The molecule has 0 spiro atoms. The predicted octanol–water partition coefficient (Wildman–Crippen LogP) is 1.98. The van der Waals surface area contributed by atoms with Crippen molar-refractivity contribution in [2.24, 2.45) is 11.7 Å². The van der Waals surface area contributed by atoms with Crippen molar-refractivity contribution in [1.29, 1.82) is 0 Å². The molecule has 1 fully saturated rings. The molecule has 20 heavy (non-hydrogen) atoms. The van der Waals surface area contributed by atoms with Crippen molar-refractivity contribution in [3.63, 3.8) is 0 Å². The van der Waals surface area contributed by atoms with Crippen LogP contribution in [0, 0.1) is 5.92 Å². The third-order valence-electron chi connectivity index (χ3n) is 4.00. The van der Waals surface area contributed by atoms with Crippen molar-refractivity contribution < 1.29 is 0 Å². The third kappa shape index (κ3) is 3.23. The summed E-state index contributed by atoms with van der Waals surface area (Å²) in [5.74, 6) is 0.490. The highest BCUT2D eigenvalue weighted by atomic mass is 79.9. The summed E-state index contributed by atoms with van der Waals surface area (Å²) in [6.45, 7) is 6.66. The van der Waals surface area contributed by atoms with Gasteiger partial charge in [0.05, 0.1) is 11.9 Å². The average molecular weight is 343 g/mol. The molecule has 5 nitrogen and oxygen atoms in total. The van der Waals surface area contributed by atoms with Crippen LogP contribution < -0.4 is 16.2 Å². The molecule has 2 atom stereocenters. The maximum absolute atomic E-state index is 12.3. The molecule has 1 aromatic rings. The molecule has 0 aliphatic carbocycles. The van der Waals surface area contributed by atoms with Crippen LogP contribution in [0.25, 0.3) is 0 Å². The molecule has 2 rings (SSSR count). The van der Waals surface area contributed by atoms with Crippen molar-refractivity contribution in [3.8, 4) is 0 Å². The van der Waals surface area contributed by atoms with E-state index in [2.05, 4.69) is 32.9 Å². The van der Waals surface area contributed by atoms with Crippen LogP contribution in [-0.4, -0.2) is 28.9 Å². The molecule has 1 saturated heterocycles. The van der Waals surface area contributed by atoms with Crippen molar-refractivity contribution in [2.75, 3.05) is 18.0 Å². The molecule has 2 heterocycles. The van der Waals surface area contributed by atoms with Crippen LogP contribution in [-0.2, 0) is 6.54 Å². The Balaban J connectivity index is 2.18. The minimum atomic E-state index is -0.0415. The lowest BCUT2D eigenvalue weighted by molar-refractivity contribution is 0.488. The zero-order valence-electron chi connectivity index (χ0n) is 12.2. The Hall–Kier alpha value is -0.880. The number of anilines is 1. The molecule has 0 amide bonds. The van der Waals surface area contributed by atoms with Crippen LogP contribution in [0.5, 0.6) is 0 Å². The van der Waals surface area contributed by atoms with E-state index in [9.17, 15) is 4.79 Å². The van der Waals surface area contributed by atoms with Crippen molar-refractivity contribution in [1.82, 2.24) is 9.78 Å². The molecule has 0 radical (unpaired) electrons. The van der Waals surface area contributed by atoms with Gasteiger partial charge >= 0.3 is 0 Å². The number of rotatable bonds is 5. The van der Waals surface area contributed by atoms with Crippen molar-refractivity contribution in [2.45, 2.75) is 45.7 Å². The summed E-state index contributed by atoms with van der Waals surface area (Å²) in [5, 5.41) is 4.29. The highest BCUT2D eigenvalue weighted by molar-refractivity contribution is 9.10. The van der Waals surface area contributed by atoms with E-state index in [0.29, 0.717) is 16.9 Å². The van der Waals surface area contributed by atoms with Gasteiger partial charge in [0, 0.05) is 25.7 Å². The Bertz CT molecular complexity index is 514. The summed E-state index contributed by atoms with van der Waals surface area (Å²) in [6, 6.07) is 0.191. The Morgan fingerprint density at radius 1 is 1.60 bits per heavy atom. The predicted molar refractivity (Wildman–Crippen MR) is 85.1 cm³/mol. The second-order valence-electron chi connectivity index (χ2n) is 5.58. The van der Waals surface area contributed by atoms with Crippen LogP contribution in [0.3, 0.4) is 0 Å². The number of halogens is 1. The Labute approximate surface area is 128 Å². The summed E-state index contributed by atoms with van der Waals surface area (Å²) in [6.07, 6.45) is 4.89. The van der Waals surface area contributed by atoms with Crippen LogP contribution >= 0.6 is 15.9 Å². The zero-order valence-corrected chi connectivity index (χ0v) is 13.8. The van der Waals surface area contributed by atoms with Gasteiger partial charge in [-0.25, -0.2) is 4.68 Å². The highest BCUT2D eigenvalue weighted by Crippen LogP contribution is 2.28. The Morgan fingerprint density at radius 2 is 2.35 bits per heavy atom. The number of aryl methyl sites for hydroxylation is 1. The summed E-state index contributed by atoms with van der Waals surface area (Å²) in [4.78, 5) is 14.5. The van der Waals surface area contributed by atoms with Gasteiger partial charge in [-0.3, -0.25) is 4.79 Å². The quantitative estimate of drug-likeness (QED) is 0.888. The number of unbranched alkanes of at least 4 members (excludes halogenated alkanes) is 1. The monoisotopic (exact) mass is 342 g/mol. The normalized spacial score (nSPS) is 20.4. The van der Waals surface area contributed by atoms with E-state index in [0.717, 1.165) is 38.0 Å². The SMILES string of the molecule is CCCCn1ncc(N2CCC(C(C)N)C2)c(Br)c1=O. The molecular weight excluding hydrogens is 320 g/mol. The number of hydrogen-bond donors (Lipinski definition) is 1. The minimum absolute atomic E-state index is 0.0415. The van der Waals surface area contributed by atoms with Gasteiger partial charge in [0.1, 0.15) is 4.47 Å². The zero-order chi connectivity index (χ0) is 14.7. The van der Waals surface area contributed by atoms with E-state index in [1.54, 1.807) is 6.20 Å². The first-order chi connectivity index (χ1) is 9.54. The fraction of sp³-hybridized carbons (Fsp3) is 0.714. The topological polar surface area (TPSA) is 64.2 Å². The molecular formula is C14H23BrN4O. The molecule has 6 heteroatoms. The highest BCUT2D eigenvalue weighted by Gasteiger charge is 2.27. The lowest BCUT2D eigenvalue weighted by Gasteiger charge is -2.21. The maximum Gasteiger partial charge on any atom is 0.283 e. The first-order valence-electron chi connectivity index (χ1n) is 7.30. The van der Waals surface area contributed by atoms with E-state index in [1.165, 1.54) is 4.68 Å². The molecule has 0 saturated carbocycles. The second kappa shape index (κ2) is 6.72. The molecule has 2 unspecified atom stereocenters. The van der Waals surface area contributed by atoms with Crippen molar-refractivity contribution >= 4 is 21.6 Å². The van der Waals surface area contributed by atoms with Crippen molar-refractivity contribution in [3.05, 3.63) is 21.0 Å².